The van der Waals surface area contributed by atoms with E-state index in [4.69, 9.17) is 14.0 Å². The molecule has 0 aliphatic rings. The van der Waals surface area contributed by atoms with Crippen LogP contribution in [0, 0.1) is 0 Å². The van der Waals surface area contributed by atoms with Crippen molar-refractivity contribution < 1.29 is 37.5 Å². The van der Waals surface area contributed by atoms with Gasteiger partial charge in [-0.05, 0) is 37.7 Å². The number of unbranched alkanes of at least 4 members (excludes halogenated alkanes) is 6. The third-order valence-corrected chi connectivity index (χ3v) is 8.32. The van der Waals surface area contributed by atoms with Crippen molar-refractivity contribution in [2.75, 3.05) is 40.5 Å². The highest BCUT2D eigenvalue weighted by Crippen LogP contribution is 2.42. The number of ether oxygens (including phenoxy) is 2. The fourth-order valence-electron chi connectivity index (χ4n) is 4.36. The Hall–Kier alpha value is -1.93. The van der Waals surface area contributed by atoms with Crippen molar-refractivity contribution in [3.05, 3.63) is 35.9 Å². The first-order valence-electron chi connectivity index (χ1n) is 15.4. The van der Waals surface area contributed by atoms with Crippen LogP contribution in [-0.2, 0) is 30.0 Å². The number of nitrogens with zero attached hydrogens (tertiary/aromatic N) is 1. The molecule has 0 aliphatic carbocycles. The first-order valence-corrected chi connectivity index (χ1v) is 17.2. The van der Waals surface area contributed by atoms with E-state index in [0.717, 1.165) is 56.9 Å². The van der Waals surface area contributed by atoms with E-state index in [1.54, 1.807) is 0 Å². The van der Waals surface area contributed by atoms with E-state index in [-0.39, 0.29) is 25.3 Å². The first-order chi connectivity index (χ1) is 19.5. The third-order valence-electron chi connectivity index (χ3n) is 6.85. The van der Waals surface area contributed by atoms with Crippen LogP contribution >= 0.6 is 7.60 Å². The van der Waals surface area contributed by atoms with Crippen LogP contribution in [0.2, 0.25) is 0 Å². The van der Waals surface area contributed by atoms with Gasteiger partial charge in [-0.2, -0.15) is 0 Å². The predicted molar refractivity (Wildman–Crippen MR) is 164 cm³/mol. The monoisotopic (exact) mass is 599 g/mol. The van der Waals surface area contributed by atoms with E-state index in [2.05, 4.69) is 19.2 Å². The maximum atomic E-state index is 12.8. The van der Waals surface area contributed by atoms with Crippen molar-refractivity contribution in [1.29, 1.82) is 0 Å². The molecule has 1 aromatic carbocycles. The minimum Gasteiger partial charge on any atom is -0.429 e. The van der Waals surface area contributed by atoms with Crippen LogP contribution in [0.15, 0.2) is 30.3 Å². The molecule has 0 fully saturated rings. The second-order valence-electron chi connectivity index (χ2n) is 11.9. The standard InChI is InChI=1S/C31H55N2O7P/c1-6-8-10-11-16-21-29(40-31(35)38-26-27-18-14-12-15-19-27)28(32-30(34)22-13-9-7-2)20-17-25-41(36,37)39-24-23-33(3,4)5/h12,14-15,18-19,28-29H,6-11,13,16-17,20-26H2,1-5H3,(H-,32,34,36,37)/p+1/t28-,29+/m0/s1. The second-order valence-corrected chi connectivity index (χ2v) is 13.8. The van der Waals surface area contributed by atoms with E-state index >= 15 is 0 Å². The van der Waals surface area contributed by atoms with Crippen molar-refractivity contribution in [2.24, 2.45) is 0 Å². The van der Waals surface area contributed by atoms with Crippen molar-refractivity contribution in [3.63, 3.8) is 0 Å². The number of hydrogen-bond donors (Lipinski definition) is 2. The summed E-state index contributed by atoms with van der Waals surface area (Å²) in [6.45, 7) is 5.13. The maximum absolute atomic E-state index is 12.8. The highest BCUT2D eigenvalue weighted by atomic mass is 31.2. The van der Waals surface area contributed by atoms with Crippen LogP contribution in [-0.4, -0.2) is 74.0 Å². The summed E-state index contributed by atoms with van der Waals surface area (Å²) in [4.78, 5) is 35.9. The van der Waals surface area contributed by atoms with E-state index in [0.29, 0.717) is 36.7 Å². The Labute approximate surface area is 248 Å². The summed E-state index contributed by atoms with van der Waals surface area (Å²) < 4.78 is 29.8. The van der Waals surface area contributed by atoms with Crippen molar-refractivity contribution in [3.8, 4) is 0 Å². The fraction of sp³-hybridized carbons (Fsp3) is 0.742. The van der Waals surface area contributed by atoms with Crippen LogP contribution in [0.3, 0.4) is 0 Å². The van der Waals surface area contributed by atoms with Crippen LogP contribution < -0.4 is 5.32 Å². The van der Waals surface area contributed by atoms with E-state index in [1.165, 1.54) is 0 Å². The maximum Gasteiger partial charge on any atom is 0.508 e. The molecular weight excluding hydrogens is 543 g/mol. The van der Waals surface area contributed by atoms with Gasteiger partial charge in [-0.3, -0.25) is 9.36 Å². The molecule has 41 heavy (non-hydrogen) atoms. The number of amides is 1. The molecule has 0 aliphatic heterocycles. The highest BCUT2D eigenvalue weighted by Gasteiger charge is 2.29. The summed E-state index contributed by atoms with van der Waals surface area (Å²) in [5, 5.41) is 3.07. The molecule has 0 bridgehead atoms. The van der Waals surface area contributed by atoms with Crippen LogP contribution in [0.4, 0.5) is 4.79 Å². The molecule has 0 saturated heterocycles. The molecule has 0 aromatic heterocycles. The van der Waals surface area contributed by atoms with E-state index in [1.807, 2.05) is 51.5 Å². The number of quaternary nitrogens is 1. The lowest BCUT2D eigenvalue weighted by Gasteiger charge is -2.28. The molecule has 10 heteroatoms. The number of rotatable bonds is 23. The minimum atomic E-state index is -3.78. The van der Waals surface area contributed by atoms with Gasteiger partial charge >= 0.3 is 13.8 Å². The summed E-state index contributed by atoms with van der Waals surface area (Å²) in [6, 6.07) is 8.88. The average molecular weight is 600 g/mol. The second kappa shape index (κ2) is 20.9. The number of carbonyl (C=O) groups excluding carboxylic acids is 2. The summed E-state index contributed by atoms with van der Waals surface area (Å²) in [5.41, 5.74) is 0.852. The van der Waals surface area contributed by atoms with Crippen molar-refractivity contribution in [2.45, 2.75) is 110 Å². The quantitative estimate of drug-likeness (QED) is 0.0614. The molecular formula is C31H56N2O7P+. The van der Waals surface area contributed by atoms with Gasteiger partial charge in [0.15, 0.2) is 0 Å². The van der Waals surface area contributed by atoms with Gasteiger partial charge in [-0.25, -0.2) is 4.79 Å². The molecule has 0 spiro atoms. The molecule has 1 rings (SSSR count). The molecule has 0 heterocycles. The van der Waals surface area contributed by atoms with Gasteiger partial charge in [-0.1, -0.05) is 82.7 Å². The molecule has 1 aromatic rings. The van der Waals surface area contributed by atoms with Gasteiger partial charge in [0.25, 0.3) is 0 Å². The topological polar surface area (TPSA) is 111 Å². The molecule has 2 N–H and O–H groups in total. The van der Waals surface area contributed by atoms with Crippen LogP contribution in [0.25, 0.3) is 0 Å². The van der Waals surface area contributed by atoms with Crippen molar-refractivity contribution in [1.82, 2.24) is 5.32 Å². The Kier molecular flexibility index (Phi) is 18.9. The number of likely N-dealkylation sites (N-methyl/N-ethyl adjacent to an activating group) is 1. The summed E-state index contributed by atoms with van der Waals surface area (Å²) >= 11 is 0. The van der Waals surface area contributed by atoms with Gasteiger partial charge in [0.1, 0.15) is 25.9 Å². The first kappa shape index (κ1) is 37.1. The molecule has 0 radical (unpaired) electrons. The minimum absolute atomic E-state index is 0.0337. The van der Waals surface area contributed by atoms with E-state index in [9.17, 15) is 19.0 Å². The lowest BCUT2D eigenvalue weighted by atomic mass is 9.99. The lowest BCUT2D eigenvalue weighted by Crippen LogP contribution is -2.45. The Morgan fingerprint density at radius 3 is 2.24 bits per heavy atom. The van der Waals surface area contributed by atoms with Crippen molar-refractivity contribution >= 4 is 19.7 Å². The Bertz CT molecular complexity index is 892. The SMILES string of the molecule is CCCCCCC[C@@H](OC(=O)OCc1ccccc1)[C@H](CCCP(=O)(O)OCC[N+](C)(C)C)NC(=O)CCCCC. The fourth-order valence-corrected chi connectivity index (χ4v) is 5.44. The molecule has 236 valence electrons. The Balaban J connectivity index is 2.90. The Morgan fingerprint density at radius 2 is 1.59 bits per heavy atom. The van der Waals surface area contributed by atoms with Gasteiger partial charge in [0, 0.05) is 6.42 Å². The zero-order valence-electron chi connectivity index (χ0n) is 26.1. The predicted octanol–water partition coefficient (Wildman–Crippen LogP) is 6.82. The number of nitrogens with one attached hydrogen (secondary N) is 1. The summed E-state index contributed by atoms with van der Waals surface area (Å²) in [6.07, 6.45) is 8.20. The zero-order valence-corrected chi connectivity index (χ0v) is 27.0. The van der Waals surface area contributed by atoms with Gasteiger partial charge in [0.05, 0.1) is 33.3 Å². The number of hydrogen-bond acceptors (Lipinski definition) is 6. The zero-order chi connectivity index (χ0) is 30.6. The average Bonchev–Trinajstić information content (AvgIpc) is 2.90. The highest BCUT2D eigenvalue weighted by molar-refractivity contribution is 7.52. The lowest BCUT2D eigenvalue weighted by molar-refractivity contribution is -0.870. The Morgan fingerprint density at radius 1 is 0.927 bits per heavy atom. The summed E-state index contributed by atoms with van der Waals surface area (Å²) in [5.74, 6) is -0.105. The molecule has 0 saturated carbocycles. The van der Waals surface area contributed by atoms with Crippen LogP contribution in [0.5, 0.6) is 0 Å². The van der Waals surface area contributed by atoms with Gasteiger partial charge in [0.2, 0.25) is 5.91 Å². The molecule has 1 amide bonds. The van der Waals surface area contributed by atoms with Gasteiger partial charge in [-0.15, -0.1) is 0 Å². The molecule has 1 unspecified atom stereocenters. The summed E-state index contributed by atoms with van der Waals surface area (Å²) in [7, 11) is 2.20. The number of carbonyl (C=O) groups is 2. The normalized spacial score (nSPS) is 14.6. The van der Waals surface area contributed by atoms with Crippen LogP contribution in [0.1, 0.15) is 96.5 Å². The smallest absolute Gasteiger partial charge is 0.429 e. The molecule has 3 atom stereocenters. The number of benzene rings is 1. The molecule has 9 nitrogen and oxygen atoms in total. The van der Waals surface area contributed by atoms with Gasteiger partial charge < -0.3 is 28.7 Å². The van der Waals surface area contributed by atoms with E-state index < -0.39 is 25.9 Å². The largest absolute Gasteiger partial charge is 0.508 e. The third kappa shape index (κ3) is 19.8.